The van der Waals surface area contributed by atoms with E-state index >= 15 is 0 Å². The smallest absolute Gasteiger partial charge is 0.421 e. The number of fused-ring (bicyclic) bond motifs is 1. The predicted molar refractivity (Wildman–Crippen MR) is 133 cm³/mol. The molecule has 3 aromatic carbocycles. The van der Waals surface area contributed by atoms with Crippen molar-refractivity contribution >= 4 is 17.5 Å². The van der Waals surface area contributed by atoms with E-state index in [0.29, 0.717) is 11.1 Å². The third-order valence-electron chi connectivity index (χ3n) is 6.29. The van der Waals surface area contributed by atoms with Crippen molar-refractivity contribution in [3.05, 3.63) is 89.5 Å². The SMILES string of the molecule is CN(C)C(=O)C(C(=O)N(CCc1ccc(C(F)(F)F)cc1)c1ccc2c(c1)OC(F)(F)C(F)(F)O2)c1ccccc1. The maximum atomic E-state index is 14.0. The van der Waals surface area contributed by atoms with Gasteiger partial charge in [-0.25, -0.2) is 0 Å². The van der Waals surface area contributed by atoms with E-state index in [0.717, 1.165) is 35.2 Å². The van der Waals surface area contributed by atoms with Crippen molar-refractivity contribution in [1.82, 2.24) is 4.90 Å². The van der Waals surface area contributed by atoms with E-state index in [-0.39, 0.29) is 18.7 Å². The molecule has 41 heavy (non-hydrogen) atoms. The van der Waals surface area contributed by atoms with Crippen LogP contribution in [0.2, 0.25) is 0 Å². The Kier molecular flexibility index (Phi) is 7.92. The number of ether oxygens (including phenoxy) is 2. The van der Waals surface area contributed by atoms with Crippen LogP contribution < -0.4 is 14.4 Å². The largest absolute Gasteiger partial charge is 0.507 e. The summed E-state index contributed by atoms with van der Waals surface area (Å²) in [6.07, 6.45) is -14.5. The molecule has 1 aliphatic heterocycles. The molecule has 1 unspecified atom stereocenters. The first-order valence-corrected chi connectivity index (χ1v) is 12.1. The van der Waals surface area contributed by atoms with Gasteiger partial charge in [0, 0.05) is 32.4 Å². The van der Waals surface area contributed by atoms with Gasteiger partial charge in [-0.1, -0.05) is 42.5 Å². The van der Waals surface area contributed by atoms with Gasteiger partial charge in [0.05, 0.1) is 5.56 Å². The summed E-state index contributed by atoms with van der Waals surface area (Å²) in [5.41, 5.74) is -0.258. The third kappa shape index (κ3) is 6.23. The lowest BCUT2D eigenvalue weighted by Crippen LogP contribution is -2.52. The van der Waals surface area contributed by atoms with Crippen molar-refractivity contribution in [3.8, 4) is 11.5 Å². The number of rotatable bonds is 7. The van der Waals surface area contributed by atoms with Crippen LogP contribution in [0.4, 0.5) is 36.4 Å². The summed E-state index contributed by atoms with van der Waals surface area (Å²) in [6, 6.07) is 15.1. The fraction of sp³-hybridized carbons (Fsp3) is 0.286. The topological polar surface area (TPSA) is 59.1 Å². The molecule has 1 aliphatic rings. The normalized spacial score (nSPS) is 16.0. The van der Waals surface area contributed by atoms with Gasteiger partial charge >= 0.3 is 18.4 Å². The molecule has 0 radical (unpaired) electrons. The number of halogens is 7. The Morgan fingerprint density at radius 2 is 1.39 bits per heavy atom. The molecular formula is C28H23F7N2O4. The maximum Gasteiger partial charge on any atom is 0.507 e. The molecule has 3 aromatic rings. The summed E-state index contributed by atoms with van der Waals surface area (Å²) in [7, 11) is 2.87. The highest BCUT2D eigenvalue weighted by Gasteiger charge is 2.66. The number of amides is 2. The molecule has 13 heteroatoms. The van der Waals surface area contributed by atoms with Crippen molar-refractivity contribution < 1.29 is 49.8 Å². The molecule has 0 N–H and O–H groups in total. The van der Waals surface area contributed by atoms with Gasteiger partial charge in [-0.2, -0.15) is 30.7 Å². The fourth-order valence-electron chi connectivity index (χ4n) is 4.14. The summed E-state index contributed by atoms with van der Waals surface area (Å²) >= 11 is 0. The number of alkyl halides is 7. The molecule has 2 amide bonds. The molecule has 4 rings (SSSR count). The monoisotopic (exact) mass is 584 g/mol. The number of hydrogen-bond acceptors (Lipinski definition) is 4. The van der Waals surface area contributed by atoms with Gasteiger partial charge < -0.3 is 19.3 Å². The second-order valence-corrected chi connectivity index (χ2v) is 9.38. The molecule has 6 nitrogen and oxygen atoms in total. The van der Waals surface area contributed by atoms with Gasteiger partial charge in [0.15, 0.2) is 11.5 Å². The Hall–Kier alpha value is -4.29. The molecule has 0 saturated heterocycles. The highest BCUT2D eigenvalue weighted by Crippen LogP contribution is 2.48. The molecule has 1 heterocycles. The quantitative estimate of drug-likeness (QED) is 0.249. The van der Waals surface area contributed by atoms with E-state index < -0.39 is 53.2 Å². The molecule has 218 valence electrons. The zero-order valence-electron chi connectivity index (χ0n) is 21.6. The van der Waals surface area contributed by atoms with E-state index in [1.165, 1.54) is 31.1 Å². The summed E-state index contributed by atoms with van der Waals surface area (Å²) < 4.78 is 102. The summed E-state index contributed by atoms with van der Waals surface area (Å²) in [6.45, 7) is -0.222. The van der Waals surface area contributed by atoms with Crippen molar-refractivity contribution in [3.63, 3.8) is 0 Å². The van der Waals surface area contributed by atoms with Gasteiger partial charge in [0.25, 0.3) is 0 Å². The van der Waals surface area contributed by atoms with E-state index in [4.69, 9.17) is 0 Å². The number of carbonyl (C=O) groups excluding carboxylic acids is 2. The average Bonchev–Trinajstić information content (AvgIpc) is 2.89. The number of nitrogens with zero attached hydrogens (tertiary/aromatic N) is 2. The Bertz CT molecular complexity index is 1410. The zero-order valence-corrected chi connectivity index (χ0v) is 21.6. The predicted octanol–water partition coefficient (Wildman–Crippen LogP) is 6.11. The molecule has 0 fully saturated rings. The van der Waals surface area contributed by atoms with Crippen LogP contribution in [0, 0.1) is 0 Å². The Labute approximate surface area is 229 Å². The van der Waals surface area contributed by atoms with Crippen LogP contribution in [-0.2, 0) is 22.2 Å². The average molecular weight is 584 g/mol. The van der Waals surface area contributed by atoms with Gasteiger partial charge in [-0.15, -0.1) is 0 Å². The molecule has 0 aliphatic carbocycles. The van der Waals surface area contributed by atoms with Crippen molar-refractivity contribution in [2.45, 2.75) is 30.7 Å². The summed E-state index contributed by atoms with van der Waals surface area (Å²) in [5, 5.41) is 0. The van der Waals surface area contributed by atoms with E-state index in [9.17, 15) is 40.3 Å². The number of hydrogen-bond donors (Lipinski definition) is 0. The molecule has 0 spiro atoms. The van der Waals surface area contributed by atoms with E-state index in [2.05, 4.69) is 9.47 Å². The first kappa shape index (κ1) is 29.7. The van der Waals surface area contributed by atoms with Crippen LogP contribution in [0.1, 0.15) is 22.6 Å². The first-order chi connectivity index (χ1) is 19.1. The summed E-state index contributed by atoms with van der Waals surface area (Å²) in [4.78, 5) is 29.4. The number of benzene rings is 3. The third-order valence-corrected chi connectivity index (χ3v) is 6.29. The van der Waals surface area contributed by atoms with Gasteiger partial charge in [-0.3, -0.25) is 9.59 Å². The van der Waals surface area contributed by atoms with Gasteiger partial charge in [0.1, 0.15) is 5.92 Å². The lowest BCUT2D eigenvalue weighted by Gasteiger charge is -2.33. The van der Waals surface area contributed by atoms with Crippen LogP contribution in [-0.4, -0.2) is 49.6 Å². The molecular weight excluding hydrogens is 561 g/mol. The van der Waals surface area contributed by atoms with E-state index in [1.54, 1.807) is 30.3 Å². The van der Waals surface area contributed by atoms with Crippen molar-refractivity contribution in [2.75, 3.05) is 25.5 Å². The highest BCUT2D eigenvalue weighted by atomic mass is 19.4. The second kappa shape index (κ2) is 10.9. The lowest BCUT2D eigenvalue weighted by molar-refractivity contribution is -0.391. The Morgan fingerprint density at radius 1 is 0.805 bits per heavy atom. The van der Waals surface area contributed by atoms with Crippen LogP contribution in [0.15, 0.2) is 72.8 Å². The lowest BCUT2D eigenvalue weighted by atomic mass is 9.95. The zero-order chi connectivity index (χ0) is 30.2. The van der Waals surface area contributed by atoms with Crippen LogP contribution >= 0.6 is 0 Å². The van der Waals surface area contributed by atoms with Crippen LogP contribution in [0.25, 0.3) is 0 Å². The highest BCUT2D eigenvalue weighted by molar-refractivity contribution is 6.12. The maximum absolute atomic E-state index is 14.0. The molecule has 0 bridgehead atoms. The summed E-state index contributed by atoms with van der Waals surface area (Å²) in [5.74, 6) is -4.28. The molecule has 0 aromatic heterocycles. The fourth-order valence-corrected chi connectivity index (χ4v) is 4.14. The molecule has 1 atom stereocenters. The number of likely N-dealkylation sites (N-methyl/N-ethyl adjacent to an activating group) is 1. The first-order valence-electron chi connectivity index (χ1n) is 12.1. The van der Waals surface area contributed by atoms with Crippen molar-refractivity contribution in [2.24, 2.45) is 0 Å². The second-order valence-electron chi connectivity index (χ2n) is 9.38. The minimum Gasteiger partial charge on any atom is -0.421 e. The minimum atomic E-state index is -5.01. The number of anilines is 1. The Balaban J connectivity index is 1.74. The van der Waals surface area contributed by atoms with Crippen LogP contribution in [0.5, 0.6) is 11.5 Å². The van der Waals surface area contributed by atoms with Crippen LogP contribution in [0.3, 0.4) is 0 Å². The standard InChI is InChI=1S/C28H23F7N2O4/c1-36(2)24(38)23(18-6-4-3-5-7-18)25(39)37(15-14-17-8-10-19(11-9-17)26(29,30)31)20-12-13-21-22(16-20)41-28(34,35)27(32,33)40-21/h3-13,16,23H,14-15H2,1-2H3. The van der Waals surface area contributed by atoms with Gasteiger partial charge in [0.2, 0.25) is 11.8 Å². The Morgan fingerprint density at radius 3 is 1.95 bits per heavy atom. The van der Waals surface area contributed by atoms with Crippen molar-refractivity contribution in [1.29, 1.82) is 0 Å². The number of carbonyl (C=O) groups is 2. The molecule has 0 saturated carbocycles. The van der Waals surface area contributed by atoms with Gasteiger partial charge in [-0.05, 0) is 41.8 Å². The minimum absolute atomic E-state index is 0.00971. The van der Waals surface area contributed by atoms with E-state index in [1.807, 2.05) is 0 Å².